The molecule has 0 heterocycles. The maximum atomic E-state index is 10.3. The predicted molar refractivity (Wildman–Crippen MR) is 35.8 cm³/mol. The lowest BCUT2D eigenvalue weighted by molar-refractivity contribution is -0.120. The van der Waals surface area contributed by atoms with E-state index in [1.807, 2.05) is 28.0 Å². The molecule has 1 amide bonds. The lowest BCUT2D eigenvalue weighted by Crippen LogP contribution is -2.34. The number of carbonyl (C=O) groups excluding carboxylic acids is 1. The molecule has 0 saturated carbocycles. The number of amides is 1. The summed E-state index contributed by atoms with van der Waals surface area (Å²) in [6.45, 7) is 1.77. The first kappa shape index (κ1) is 7.16. The zero-order chi connectivity index (χ0) is 5.86. The summed E-state index contributed by atoms with van der Waals surface area (Å²) in [4.78, 5) is 10.3. The van der Waals surface area contributed by atoms with Gasteiger partial charge in [-0.2, -0.15) is 0 Å². The second kappa shape index (κ2) is 3.20. The molecule has 3 nitrogen and oxygen atoms in total. The SMILES string of the molecule is CC(I)C(=O)NN. The van der Waals surface area contributed by atoms with Crippen LogP contribution in [0.2, 0.25) is 0 Å². The number of alkyl halides is 1. The lowest BCUT2D eigenvalue weighted by atomic mass is 10.5. The first-order valence-corrected chi connectivity index (χ1v) is 3.07. The summed E-state index contributed by atoms with van der Waals surface area (Å²) >= 11 is 1.98. The van der Waals surface area contributed by atoms with Crippen molar-refractivity contribution in [2.24, 2.45) is 5.84 Å². The largest absolute Gasteiger partial charge is 0.293 e. The highest BCUT2D eigenvalue weighted by molar-refractivity contribution is 14.1. The van der Waals surface area contributed by atoms with Gasteiger partial charge in [-0.3, -0.25) is 10.2 Å². The first-order valence-electron chi connectivity index (χ1n) is 1.83. The Hall–Kier alpha value is 0.160. The normalized spacial score (nSPS) is 13.0. The van der Waals surface area contributed by atoms with E-state index in [9.17, 15) is 4.79 Å². The summed E-state index contributed by atoms with van der Waals surface area (Å²) in [6, 6.07) is 0. The van der Waals surface area contributed by atoms with Crippen LogP contribution in [0.3, 0.4) is 0 Å². The Balaban J connectivity index is 3.35. The van der Waals surface area contributed by atoms with Gasteiger partial charge in [0, 0.05) is 0 Å². The van der Waals surface area contributed by atoms with E-state index >= 15 is 0 Å². The standard InChI is InChI=1S/C3H7IN2O/c1-2(4)3(7)6-5/h2H,5H2,1H3,(H,6,7). The third-order valence-corrected chi connectivity index (χ3v) is 1.07. The number of rotatable bonds is 1. The Morgan fingerprint density at radius 3 is 2.43 bits per heavy atom. The minimum Gasteiger partial charge on any atom is -0.293 e. The second-order valence-electron chi connectivity index (χ2n) is 1.12. The Morgan fingerprint density at radius 1 is 2.00 bits per heavy atom. The van der Waals surface area contributed by atoms with Crippen LogP contribution in [0.1, 0.15) is 6.92 Å². The third kappa shape index (κ3) is 2.81. The highest BCUT2D eigenvalue weighted by Gasteiger charge is 2.03. The molecule has 42 valence electrons. The monoisotopic (exact) mass is 214 g/mol. The molecule has 0 aliphatic heterocycles. The van der Waals surface area contributed by atoms with E-state index in [1.54, 1.807) is 6.92 Å². The lowest BCUT2D eigenvalue weighted by Gasteiger charge is -1.96. The van der Waals surface area contributed by atoms with E-state index in [4.69, 9.17) is 5.84 Å². The molecule has 3 N–H and O–H groups in total. The van der Waals surface area contributed by atoms with Crippen LogP contribution in [0.4, 0.5) is 0 Å². The van der Waals surface area contributed by atoms with Gasteiger partial charge in [0.15, 0.2) is 0 Å². The van der Waals surface area contributed by atoms with Crippen molar-refractivity contribution >= 4 is 28.5 Å². The van der Waals surface area contributed by atoms with Crippen molar-refractivity contribution in [3.05, 3.63) is 0 Å². The Bertz CT molecular complexity index is 73.3. The van der Waals surface area contributed by atoms with E-state index in [0.717, 1.165) is 0 Å². The number of hydrazine groups is 1. The minimum atomic E-state index is -0.138. The van der Waals surface area contributed by atoms with Crippen LogP contribution in [-0.2, 0) is 4.79 Å². The van der Waals surface area contributed by atoms with Gasteiger partial charge in [0.05, 0.1) is 3.92 Å². The van der Waals surface area contributed by atoms with Crippen molar-refractivity contribution in [1.82, 2.24) is 5.43 Å². The Labute approximate surface area is 55.8 Å². The number of hydrogen-bond donors (Lipinski definition) is 2. The number of hydrogen-bond acceptors (Lipinski definition) is 2. The van der Waals surface area contributed by atoms with Gasteiger partial charge in [-0.1, -0.05) is 22.6 Å². The van der Waals surface area contributed by atoms with Crippen molar-refractivity contribution in [1.29, 1.82) is 0 Å². The van der Waals surface area contributed by atoms with Gasteiger partial charge >= 0.3 is 0 Å². The van der Waals surface area contributed by atoms with E-state index < -0.39 is 0 Å². The molecular formula is C3H7IN2O. The topological polar surface area (TPSA) is 55.1 Å². The van der Waals surface area contributed by atoms with Gasteiger partial charge in [0.2, 0.25) is 5.91 Å². The third-order valence-electron chi connectivity index (χ3n) is 0.504. The van der Waals surface area contributed by atoms with Gasteiger partial charge in [0.1, 0.15) is 0 Å². The van der Waals surface area contributed by atoms with E-state index in [0.29, 0.717) is 0 Å². The smallest absolute Gasteiger partial charge is 0.246 e. The molecule has 0 spiro atoms. The van der Waals surface area contributed by atoms with Crippen LogP contribution in [0.15, 0.2) is 0 Å². The fourth-order valence-electron chi connectivity index (χ4n) is 0.115. The molecule has 0 aromatic heterocycles. The molecule has 0 fully saturated rings. The molecule has 0 radical (unpaired) electrons. The van der Waals surface area contributed by atoms with Gasteiger partial charge in [0.25, 0.3) is 0 Å². The maximum Gasteiger partial charge on any atom is 0.246 e. The van der Waals surface area contributed by atoms with E-state index in [2.05, 4.69) is 0 Å². The average molecular weight is 214 g/mol. The minimum absolute atomic E-state index is 0.0393. The van der Waals surface area contributed by atoms with Crippen molar-refractivity contribution in [3.8, 4) is 0 Å². The zero-order valence-electron chi connectivity index (χ0n) is 3.94. The van der Waals surface area contributed by atoms with Crippen molar-refractivity contribution in [2.75, 3.05) is 0 Å². The summed E-state index contributed by atoms with van der Waals surface area (Å²) in [6.07, 6.45) is 0. The van der Waals surface area contributed by atoms with Crippen LogP contribution < -0.4 is 11.3 Å². The second-order valence-corrected chi connectivity index (χ2v) is 2.99. The fourth-order valence-corrected chi connectivity index (χ4v) is 0.295. The number of halogens is 1. The molecular weight excluding hydrogens is 207 g/mol. The van der Waals surface area contributed by atoms with Crippen LogP contribution in [0.25, 0.3) is 0 Å². The molecule has 0 aromatic rings. The van der Waals surface area contributed by atoms with E-state index in [-0.39, 0.29) is 9.83 Å². The molecule has 0 aromatic carbocycles. The Kier molecular flexibility index (Phi) is 3.27. The van der Waals surface area contributed by atoms with Crippen molar-refractivity contribution < 1.29 is 4.79 Å². The van der Waals surface area contributed by atoms with Gasteiger partial charge in [-0.05, 0) is 6.92 Å². The molecule has 7 heavy (non-hydrogen) atoms. The summed E-state index contributed by atoms with van der Waals surface area (Å²) in [5.74, 6) is 4.63. The molecule has 0 aliphatic rings. The molecule has 0 aliphatic carbocycles. The molecule has 0 rings (SSSR count). The summed E-state index contributed by atoms with van der Waals surface area (Å²) in [5.41, 5.74) is 2.02. The maximum absolute atomic E-state index is 10.3. The molecule has 0 bridgehead atoms. The number of nitrogens with one attached hydrogen (secondary N) is 1. The predicted octanol–water partition coefficient (Wildman–Crippen LogP) is -0.200. The highest BCUT2D eigenvalue weighted by Crippen LogP contribution is 1.94. The quantitative estimate of drug-likeness (QED) is 0.209. The number of nitrogens with two attached hydrogens (primary N) is 1. The zero-order valence-corrected chi connectivity index (χ0v) is 6.10. The van der Waals surface area contributed by atoms with E-state index in [1.165, 1.54) is 0 Å². The molecule has 1 atom stereocenters. The summed E-state index contributed by atoms with van der Waals surface area (Å²) in [7, 11) is 0. The van der Waals surface area contributed by atoms with Crippen molar-refractivity contribution in [2.45, 2.75) is 10.8 Å². The summed E-state index contributed by atoms with van der Waals surface area (Å²) in [5, 5.41) is 0. The first-order chi connectivity index (χ1) is 3.18. The van der Waals surface area contributed by atoms with Crippen LogP contribution >= 0.6 is 22.6 Å². The molecule has 4 heteroatoms. The van der Waals surface area contributed by atoms with Crippen LogP contribution in [-0.4, -0.2) is 9.83 Å². The van der Waals surface area contributed by atoms with Gasteiger partial charge < -0.3 is 0 Å². The Morgan fingerprint density at radius 2 is 2.43 bits per heavy atom. The molecule has 1 unspecified atom stereocenters. The molecule has 0 saturated heterocycles. The number of carbonyl (C=O) groups is 1. The van der Waals surface area contributed by atoms with Crippen LogP contribution in [0.5, 0.6) is 0 Å². The van der Waals surface area contributed by atoms with Gasteiger partial charge in [-0.25, -0.2) is 5.84 Å². The fraction of sp³-hybridized carbons (Fsp3) is 0.667. The summed E-state index contributed by atoms with van der Waals surface area (Å²) < 4.78 is -0.0393. The highest BCUT2D eigenvalue weighted by atomic mass is 127. The van der Waals surface area contributed by atoms with Crippen molar-refractivity contribution in [3.63, 3.8) is 0 Å². The van der Waals surface area contributed by atoms with Crippen LogP contribution in [0, 0.1) is 0 Å². The average Bonchev–Trinajstić information content (AvgIpc) is 1.65. The van der Waals surface area contributed by atoms with Gasteiger partial charge in [-0.15, -0.1) is 0 Å².